The molecule has 1 aliphatic heterocycles. The molecule has 2 N–H and O–H groups in total. The lowest BCUT2D eigenvalue weighted by Gasteiger charge is -2.27. The van der Waals surface area contributed by atoms with Crippen LogP contribution in [0.5, 0.6) is 0 Å². The number of carbonyl (C=O) groups excluding carboxylic acids is 1. The normalized spacial score (nSPS) is 18.9. The number of H-pyrrole nitrogens is 1. The molecule has 24 heavy (non-hydrogen) atoms. The molecule has 0 saturated heterocycles. The Kier molecular flexibility index (Phi) is 4.22. The Balaban J connectivity index is 1.61. The van der Waals surface area contributed by atoms with Crippen LogP contribution in [0.25, 0.3) is 11.0 Å². The topological polar surface area (TPSA) is 61.0 Å². The first-order valence-electron chi connectivity index (χ1n) is 8.57. The van der Waals surface area contributed by atoms with Gasteiger partial charge in [-0.25, -0.2) is 4.98 Å². The van der Waals surface area contributed by atoms with Crippen LogP contribution in [-0.2, 0) is 4.79 Å². The highest BCUT2D eigenvalue weighted by molar-refractivity contribution is 8.04. The van der Waals surface area contributed by atoms with Gasteiger partial charge in [0, 0.05) is 42.3 Å². The average molecular weight is 342 g/mol. The summed E-state index contributed by atoms with van der Waals surface area (Å²) in [5.41, 5.74) is 3.19. The molecule has 2 aliphatic rings. The molecule has 0 aromatic carbocycles. The summed E-state index contributed by atoms with van der Waals surface area (Å²) in [6, 6.07) is 2.39. The van der Waals surface area contributed by atoms with Gasteiger partial charge in [-0.2, -0.15) is 0 Å². The summed E-state index contributed by atoms with van der Waals surface area (Å²) in [5, 5.41) is 4.33. The molecule has 0 unspecified atom stereocenters. The standard InChI is InChI=1S/C18H22N4OS/c1-12-10-20-17-16(12)14(6-7-19-17)22-8-9-24-15(11-22)18(23)21-13-4-2-3-5-13/h6-7,10-11,13H,2-5,8-9H2,1H3,(H,19,20)(H,21,23). The number of aromatic amines is 1. The summed E-state index contributed by atoms with van der Waals surface area (Å²) in [4.78, 5) is 23.2. The van der Waals surface area contributed by atoms with E-state index in [9.17, 15) is 4.79 Å². The third-order valence-electron chi connectivity index (χ3n) is 4.84. The van der Waals surface area contributed by atoms with Gasteiger partial charge in [0.15, 0.2) is 0 Å². The smallest absolute Gasteiger partial charge is 0.259 e. The monoisotopic (exact) mass is 342 g/mol. The number of aromatic nitrogens is 2. The zero-order chi connectivity index (χ0) is 16.5. The van der Waals surface area contributed by atoms with Crippen molar-refractivity contribution >= 4 is 34.4 Å². The maximum absolute atomic E-state index is 12.6. The minimum atomic E-state index is 0.0766. The Bertz CT molecular complexity index is 791. The van der Waals surface area contributed by atoms with Crippen molar-refractivity contribution in [1.82, 2.24) is 15.3 Å². The van der Waals surface area contributed by atoms with Crippen molar-refractivity contribution in [2.45, 2.75) is 38.6 Å². The van der Waals surface area contributed by atoms with Gasteiger partial charge in [0.25, 0.3) is 5.91 Å². The van der Waals surface area contributed by atoms with Gasteiger partial charge < -0.3 is 15.2 Å². The van der Waals surface area contributed by atoms with Crippen LogP contribution in [-0.4, -0.2) is 34.2 Å². The second-order valence-corrected chi connectivity index (χ2v) is 7.65. The van der Waals surface area contributed by atoms with Crippen molar-refractivity contribution in [3.05, 3.63) is 35.1 Å². The predicted octanol–water partition coefficient (Wildman–Crippen LogP) is 3.32. The maximum atomic E-state index is 12.6. The van der Waals surface area contributed by atoms with Gasteiger partial charge in [-0.1, -0.05) is 12.8 Å². The third-order valence-corrected chi connectivity index (χ3v) is 5.82. The van der Waals surface area contributed by atoms with Gasteiger partial charge in [0.2, 0.25) is 0 Å². The van der Waals surface area contributed by atoms with E-state index in [1.54, 1.807) is 11.8 Å². The molecule has 3 heterocycles. The second-order valence-electron chi connectivity index (χ2n) is 6.52. The summed E-state index contributed by atoms with van der Waals surface area (Å²) >= 11 is 1.65. The van der Waals surface area contributed by atoms with Crippen LogP contribution < -0.4 is 10.2 Å². The molecule has 6 heteroatoms. The number of hydrogen-bond donors (Lipinski definition) is 2. The quantitative estimate of drug-likeness (QED) is 0.898. The third kappa shape index (κ3) is 2.90. The molecule has 5 nitrogen and oxygen atoms in total. The molecule has 0 atom stereocenters. The molecule has 1 aliphatic carbocycles. The molecular weight excluding hydrogens is 320 g/mol. The summed E-state index contributed by atoms with van der Waals surface area (Å²) in [7, 11) is 0. The molecule has 0 bridgehead atoms. The fourth-order valence-corrected chi connectivity index (χ4v) is 4.48. The summed E-state index contributed by atoms with van der Waals surface area (Å²) in [6.45, 7) is 2.98. The van der Waals surface area contributed by atoms with Gasteiger partial charge >= 0.3 is 0 Å². The highest BCUT2D eigenvalue weighted by Gasteiger charge is 2.23. The molecule has 2 aromatic rings. The van der Waals surface area contributed by atoms with Crippen LogP contribution in [0.3, 0.4) is 0 Å². The van der Waals surface area contributed by atoms with Gasteiger partial charge in [-0.3, -0.25) is 4.79 Å². The number of pyridine rings is 1. The molecule has 0 radical (unpaired) electrons. The Morgan fingerprint density at radius 1 is 1.42 bits per heavy atom. The van der Waals surface area contributed by atoms with E-state index in [2.05, 4.69) is 27.1 Å². The number of nitrogens with one attached hydrogen (secondary N) is 2. The SMILES string of the molecule is Cc1c[nH]c2nccc(N3C=C(C(=O)NC4CCCC4)SCC3)c12. The predicted molar refractivity (Wildman–Crippen MR) is 99.1 cm³/mol. The number of thioether (sulfide) groups is 1. The molecular formula is C18H22N4OS. The van der Waals surface area contributed by atoms with Crippen LogP contribution in [0.4, 0.5) is 5.69 Å². The van der Waals surface area contributed by atoms with Crippen molar-refractivity contribution in [1.29, 1.82) is 0 Å². The first kappa shape index (κ1) is 15.6. The first-order valence-corrected chi connectivity index (χ1v) is 9.56. The average Bonchev–Trinajstić information content (AvgIpc) is 3.25. The number of fused-ring (bicyclic) bond motifs is 1. The van der Waals surface area contributed by atoms with Crippen LogP contribution >= 0.6 is 11.8 Å². The fraction of sp³-hybridized carbons (Fsp3) is 0.444. The van der Waals surface area contributed by atoms with Gasteiger partial charge in [-0.15, -0.1) is 11.8 Å². The number of anilines is 1. The Morgan fingerprint density at radius 2 is 2.25 bits per heavy atom. The lowest BCUT2D eigenvalue weighted by molar-refractivity contribution is -0.117. The zero-order valence-corrected chi connectivity index (χ0v) is 14.7. The highest BCUT2D eigenvalue weighted by atomic mass is 32.2. The van der Waals surface area contributed by atoms with E-state index in [1.165, 1.54) is 18.4 Å². The Morgan fingerprint density at radius 3 is 3.08 bits per heavy atom. The van der Waals surface area contributed by atoms with Crippen molar-refractivity contribution in [3.8, 4) is 0 Å². The zero-order valence-electron chi connectivity index (χ0n) is 13.8. The van der Waals surface area contributed by atoms with E-state index in [0.717, 1.165) is 46.8 Å². The number of rotatable bonds is 3. The minimum Gasteiger partial charge on any atom is -0.349 e. The van der Waals surface area contributed by atoms with Crippen molar-refractivity contribution < 1.29 is 4.79 Å². The first-order chi connectivity index (χ1) is 11.7. The van der Waals surface area contributed by atoms with E-state index < -0.39 is 0 Å². The van der Waals surface area contributed by atoms with Gasteiger partial charge in [-0.05, 0) is 31.4 Å². The van der Waals surface area contributed by atoms with Crippen molar-refractivity contribution in [2.24, 2.45) is 0 Å². The number of amides is 1. The van der Waals surface area contributed by atoms with Crippen LogP contribution in [0.1, 0.15) is 31.2 Å². The number of aryl methyl sites for hydroxylation is 1. The van der Waals surface area contributed by atoms with E-state index in [0.29, 0.717) is 6.04 Å². The van der Waals surface area contributed by atoms with E-state index in [4.69, 9.17) is 0 Å². The molecule has 4 rings (SSSR count). The fourth-order valence-electron chi connectivity index (χ4n) is 3.58. The van der Waals surface area contributed by atoms with Gasteiger partial charge in [0.05, 0.1) is 10.6 Å². The molecule has 1 amide bonds. The molecule has 126 valence electrons. The van der Waals surface area contributed by atoms with Crippen LogP contribution in [0, 0.1) is 6.92 Å². The maximum Gasteiger partial charge on any atom is 0.259 e. The summed E-state index contributed by atoms with van der Waals surface area (Å²) in [5.74, 6) is 0.990. The molecule has 1 fully saturated rings. The number of nitrogens with zero attached hydrogens (tertiary/aromatic N) is 2. The van der Waals surface area contributed by atoms with Crippen LogP contribution in [0.15, 0.2) is 29.6 Å². The number of hydrogen-bond acceptors (Lipinski definition) is 4. The summed E-state index contributed by atoms with van der Waals surface area (Å²) < 4.78 is 0. The minimum absolute atomic E-state index is 0.0766. The molecule has 0 spiro atoms. The summed E-state index contributed by atoms with van der Waals surface area (Å²) in [6.07, 6.45) is 10.5. The van der Waals surface area contributed by atoms with E-state index in [1.807, 2.05) is 24.7 Å². The molecule has 2 aromatic heterocycles. The molecule has 1 saturated carbocycles. The van der Waals surface area contributed by atoms with Crippen molar-refractivity contribution in [3.63, 3.8) is 0 Å². The van der Waals surface area contributed by atoms with Gasteiger partial charge in [0.1, 0.15) is 5.65 Å². The largest absolute Gasteiger partial charge is 0.349 e. The number of carbonyl (C=O) groups is 1. The second kappa shape index (κ2) is 6.51. The Labute approximate surface area is 145 Å². The lowest BCUT2D eigenvalue weighted by atomic mass is 10.2. The highest BCUT2D eigenvalue weighted by Crippen LogP contribution is 2.32. The van der Waals surface area contributed by atoms with E-state index in [-0.39, 0.29) is 5.91 Å². The van der Waals surface area contributed by atoms with Crippen LogP contribution in [0.2, 0.25) is 0 Å². The lowest BCUT2D eigenvalue weighted by Crippen LogP contribution is -2.35. The van der Waals surface area contributed by atoms with E-state index >= 15 is 0 Å². The van der Waals surface area contributed by atoms with Crippen molar-refractivity contribution in [2.75, 3.05) is 17.2 Å². The Hall–Kier alpha value is -1.95.